The summed E-state index contributed by atoms with van der Waals surface area (Å²) < 4.78 is 0.991. The second-order valence-corrected chi connectivity index (χ2v) is 5.58. The third kappa shape index (κ3) is 2.94. The van der Waals surface area contributed by atoms with Crippen molar-refractivity contribution in [3.05, 3.63) is 16.0 Å². The lowest BCUT2D eigenvalue weighted by molar-refractivity contribution is 0.541. The molecular weight excluding hydrogens is 266 g/mol. The predicted octanol–water partition coefficient (Wildman–Crippen LogP) is 3.53. The van der Waals surface area contributed by atoms with Crippen molar-refractivity contribution >= 4 is 21.7 Å². The van der Waals surface area contributed by atoms with Crippen molar-refractivity contribution < 1.29 is 0 Å². The van der Waals surface area contributed by atoms with Crippen LogP contribution < -0.4 is 5.32 Å². The van der Waals surface area contributed by atoms with Crippen molar-refractivity contribution in [2.75, 3.05) is 11.9 Å². The van der Waals surface area contributed by atoms with E-state index in [2.05, 4.69) is 65.8 Å². The van der Waals surface area contributed by atoms with Gasteiger partial charge in [0.1, 0.15) is 11.6 Å². The van der Waals surface area contributed by atoms with Crippen LogP contribution in [0.15, 0.2) is 4.47 Å². The van der Waals surface area contributed by atoms with Gasteiger partial charge >= 0.3 is 0 Å². The van der Waals surface area contributed by atoms with Crippen molar-refractivity contribution in [1.82, 2.24) is 9.97 Å². The summed E-state index contributed by atoms with van der Waals surface area (Å²) in [6.07, 6.45) is 0.907. The summed E-state index contributed by atoms with van der Waals surface area (Å²) >= 11 is 3.56. The molecule has 0 bridgehead atoms. The lowest BCUT2D eigenvalue weighted by atomic mass is 9.95. The van der Waals surface area contributed by atoms with Crippen LogP contribution in [0.5, 0.6) is 0 Å². The Morgan fingerprint density at radius 2 is 1.81 bits per heavy atom. The van der Waals surface area contributed by atoms with Crippen molar-refractivity contribution in [2.45, 2.75) is 46.5 Å². The number of halogens is 1. The largest absolute Gasteiger partial charge is 0.369 e. The minimum absolute atomic E-state index is 0.0191. The maximum atomic E-state index is 4.61. The van der Waals surface area contributed by atoms with E-state index in [0.717, 1.165) is 34.8 Å². The van der Waals surface area contributed by atoms with E-state index >= 15 is 0 Å². The molecule has 1 rings (SSSR count). The lowest BCUT2D eigenvalue weighted by Crippen LogP contribution is -2.19. The number of rotatable bonds is 3. The van der Waals surface area contributed by atoms with Crippen molar-refractivity contribution in [3.8, 4) is 0 Å². The van der Waals surface area contributed by atoms with Crippen LogP contribution in [0, 0.1) is 0 Å². The first-order valence-corrected chi connectivity index (χ1v) is 6.50. The fraction of sp³-hybridized carbons (Fsp3) is 0.667. The van der Waals surface area contributed by atoms with Gasteiger partial charge in [0.25, 0.3) is 0 Å². The molecule has 3 nitrogen and oxygen atoms in total. The van der Waals surface area contributed by atoms with Gasteiger partial charge in [-0.25, -0.2) is 9.97 Å². The van der Waals surface area contributed by atoms with Crippen molar-refractivity contribution in [3.63, 3.8) is 0 Å². The maximum Gasteiger partial charge on any atom is 0.144 e. The van der Waals surface area contributed by atoms with Crippen molar-refractivity contribution in [2.24, 2.45) is 0 Å². The first kappa shape index (κ1) is 13.4. The van der Waals surface area contributed by atoms with E-state index in [9.17, 15) is 0 Å². The van der Waals surface area contributed by atoms with Crippen LogP contribution in [0.2, 0.25) is 0 Å². The van der Waals surface area contributed by atoms with Crippen LogP contribution in [0.3, 0.4) is 0 Å². The highest BCUT2D eigenvalue weighted by Gasteiger charge is 2.20. The summed E-state index contributed by atoms with van der Waals surface area (Å²) in [7, 11) is 0. The Balaban J connectivity index is 3.28. The zero-order chi connectivity index (χ0) is 12.3. The van der Waals surface area contributed by atoms with E-state index in [1.165, 1.54) is 0 Å². The molecule has 1 aromatic rings. The van der Waals surface area contributed by atoms with Gasteiger partial charge in [-0.05, 0) is 29.3 Å². The van der Waals surface area contributed by atoms with E-state index < -0.39 is 0 Å². The van der Waals surface area contributed by atoms with Crippen LogP contribution >= 0.6 is 15.9 Å². The minimum Gasteiger partial charge on any atom is -0.369 e. The molecule has 1 aromatic heterocycles. The van der Waals surface area contributed by atoms with Crippen LogP contribution in [0.4, 0.5) is 5.82 Å². The average Bonchev–Trinajstić information content (AvgIpc) is 2.19. The molecule has 4 heteroatoms. The topological polar surface area (TPSA) is 37.8 Å². The number of nitrogens with one attached hydrogen (secondary N) is 1. The highest BCUT2D eigenvalue weighted by atomic mass is 79.9. The molecule has 0 atom stereocenters. The van der Waals surface area contributed by atoms with E-state index in [-0.39, 0.29) is 5.41 Å². The second-order valence-electron chi connectivity index (χ2n) is 4.79. The van der Waals surface area contributed by atoms with Gasteiger partial charge in [0.2, 0.25) is 0 Å². The smallest absolute Gasteiger partial charge is 0.144 e. The van der Waals surface area contributed by atoms with Crippen molar-refractivity contribution in [1.29, 1.82) is 0 Å². The van der Waals surface area contributed by atoms with Gasteiger partial charge in [0, 0.05) is 12.0 Å². The lowest BCUT2D eigenvalue weighted by Gasteiger charge is -2.19. The van der Waals surface area contributed by atoms with Gasteiger partial charge in [-0.15, -0.1) is 0 Å². The highest BCUT2D eigenvalue weighted by molar-refractivity contribution is 9.10. The van der Waals surface area contributed by atoms with Gasteiger partial charge in [-0.2, -0.15) is 0 Å². The molecule has 1 heterocycles. The van der Waals surface area contributed by atoms with Gasteiger partial charge in [0.05, 0.1) is 10.2 Å². The summed E-state index contributed by atoms with van der Waals surface area (Å²) in [6.45, 7) is 11.4. The van der Waals surface area contributed by atoms with E-state index in [1.807, 2.05) is 0 Å². The standard InChI is InChI=1S/C12H20BrN3/c1-6-8-9(13)10(14-7-2)16-11(15-8)12(3,4)5/h6-7H2,1-5H3,(H,14,15,16). The van der Waals surface area contributed by atoms with Crippen LogP contribution in [-0.4, -0.2) is 16.5 Å². The zero-order valence-electron chi connectivity index (χ0n) is 10.7. The number of anilines is 1. The van der Waals surface area contributed by atoms with E-state index in [1.54, 1.807) is 0 Å². The van der Waals surface area contributed by atoms with Gasteiger partial charge in [0.15, 0.2) is 0 Å². The Hall–Kier alpha value is -0.640. The monoisotopic (exact) mass is 285 g/mol. The molecule has 1 N–H and O–H groups in total. The quantitative estimate of drug-likeness (QED) is 0.923. The average molecular weight is 286 g/mol. The molecular formula is C12H20BrN3. The molecule has 0 unspecified atom stereocenters. The molecule has 0 fully saturated rings. The van der Waals surface area contributed by atoms with Crippen LogP contribution in [0.1, 0.15) is 46.1 Å². The molecule has 0 aliphatic carbocycles. The molecule has 0 amide bonds. The Bertz CT molecular complexity index is 369. The molecule has 0 aliphatic heterocycles. The zero-order valence-corrected chi connectivity index (χ0v) is 12.3. The fourth-order valence-electron chi connectivity index (χ4n) is 1.35. The number of hydrogen-bond acceptors (Lipinski definition) is 3. The number of hydrogen-bond donors (Lipinski definition) is 1. The molecule has 16 heavy (non-hydrogen) atoms. The second kappa shape index (κ2) is 5.13. The van der Waals surface area contributed by atoms with Gasteiger partial charge in [-0.3, -0.25) is 0 Å². The normalized spacial score (nSPS) is 11.6. The van der Waals surface area contributed by atoms with Gasteiger partial charge < -0.3 is 5.32 Å². The molecule has 0 aromatic carbocycles. The Kier molecular flexibility index (Phi) is 4.30. The SMILES string of the molecule is CCNc1nc(C(C)(C)C)nc(CC)c1Br. The number of aryl methyl sites for hydroxylation is 1. The van der Waals surface area contributed by atoms with Crippen LogP contribution in [-0.2, 0) is 11.8 Å². The minimum atomic E-state index is -0.0191. The number of aromatic nitrogens is 2. The first-order chi connectivity index (χ1) is 7.40. The third-order valence-electron chi connectivity index (χ3n) is 2.27. The highest BCUT2D eigenvalue weighted by Crippen LogP contribution is 2.28. The molecule has 0 aliphatic rings. The number of nitrogens with zero attached hydrogens (tertiary/aromatic N) is 2. The van der Waals surface area contributed by atoms with E-state index in [0.29, 0.717) is 0 Å². The Labute approximate surface area is 106 Å². The molecule has 0 radical (unpaired) electrons. The molecule has 0 saturated carbocycles. The molecule has 0 spiro atoms. The summed E-state index contributed by atoms with van der Waals surface area (Å²) in [5.74, 6) is 1.79. The third-order valence-corrected chi connectivity index (χ3v) is 3.10. The molecule has 0 saturated heterocycles. The summed E-state index contributed by atoms with van der Waals surface area (Å²) in [6, 6.07) is 0. The molecule has 90 valence electrons. The Morgan fingerprint density at radius 1 is 1.19 bits per heavy atom. The van der Waals surface area contributed by atoms with Crippen LogP contribution in [0.25, 0.3) is 0 Å². The predicted molar refractivity (Wildman–Crippen MR) is 72.0 cm³/mol. The summed E-state index contributed by atoms with van der Waals surface area (Å²) in [5.41, 5.74) is 1.05. The summed E-state index contributed by atoms with van der Waals surface area (Å²) in [5, 5.41) is 3.27. The Morgan fingerprint density at radius 3 is 2.25 bits per heavy atom. The van der Waals surface area contributed by atoms with Gasteiger partial charge in [-0.1, -0.05) is 27.7 Å². The fourth-order valence-corrected chi connectivity index (χ4v) is 1.95. The summed E-state index contributed by atoms with van der Waals surface area (Å²) in [4.78, 5) is 9.18. The first-order valence-electron chi connectivity index (χ1n) is 5.70. The van der Waals surface area contributed by atoms with E-state index in [4.69, 9.17) is 0 Å². The maximum absolute atomic E-state index is 4.61.